The minimum absolute atomic E-state index is 0.211. The molecule has 0 aliphatic heterocycles. The molecule has 0 fully saturated rings. The molecule has 0 saturated carbocycles. The zero-order valence-electron chi connectivity index (χ0n) is 13.3. The lowest BCUT2D eigenvalue weighted by Crippen LogP contribution is -2.11. The Labute approximate surface area is 130 Å². The Bertz CT molecular complexity index is 700. The molecule has 1 aromatic carbocycles. The van der Waals surface area contributed by atoms with Gasteiger partial charge in [-0.05, 0) is 17.5 Å². The molecule has 2 rings (SSSR count). The van der Waals surface area contributed by atoms with Crippen molar-refractivity contribution in [3.05, 3.63) is 47.0 Å². The first-order valence-corrected chi connectivity index (χ1v) is 7.23. The van der Waals surface area contributed by atoms with Crippen molar-refractivity contribution in [3.63, 3.8) is 0 Å². The first-order chi connectivity index (χ1) is 10.4. The number of nitriles is 1. The molecule has 0 spiro atoms. The quantitative estimate of drug-likeness (QED) is 0.687. The molecule has 1 aromatic heterocycles. The number of hydrogen-bond acceptors (Lipinski definition) is 5. The average molecular weight is 296 g/mol. The number of benzene rings is 1. The third-order valence-electron chi connectivity index (χ3n) is 3.14. The Hall–Kier alpha value is -2.61. The minimum Gasteiger partial charge on any atom is -0.421 e. The second kappa shape index (κ2) is 6.44. The SMILES string of the molecule is CCc1ccc(/C=N\Nc2oc(C(C)(C)C)nc2C#N)cc1. The molecule has 22 heavy (non-hydrogen) atoms. The third-order valence-corrected chi connectivity index (χ3v) is 3.14. The van der Waals surface area contributed by atoms with E-state index in [9.17, 15) is 0 Å². The summed E-state index contributed by atoms with van der Waals surface area (Å²) in [4.78, 5) is 4.18. The van der Waals surface area contributed by atoms with Gasteiger partial charge < -0.3 is 4.42 Å². The zero-order chi connectivity index (χ0) is 16.2. The Kier molecular flexibility index (Phi) is 4.62. The first-order valence-electron chi connectivity index (χ1n) is 7.23. The summed E-state index contributed by atoms with van der Waals surface area (Å²) in [5.74, 6) is 0.780. The minimum atomic E-state index is -0.259. The molecule has 114 valence electrons. The van der Waals surface area contributed by atoms with Crippen LogP contribution in [0, 0.1) is 11.3 Å². The topological polar surface area (TPSA) is 74.2 Å². The van der Waals surface area contributed by atoms with E-state index < -0.39 is 0 Å². The summed E-state index contributed by atoms with van der Waals surface area (Å²) in [5.41, 5.74) is 4.95. The number of anilines is 1. The van der Waals surface area contributed by atoms with Crippen molar-refractivity contribution in [2.45, 2.75) is 39.5 Å². The predicted molar refractivity (Wildman–Crippen MR) is 87.0 cm³/mol. The van der Waals surface area contributed by atoms with Crippen molar-refractivity contribution in [1.82, 2.24) is 4.98 Å². The van der Waals surface area contributed by atoms with Gasteiger partial charge >= 0.3 is 0 Å². The second-order valence-electron chi connectivity index (χ2n) is 6.02. The molecule has 0 unspecified atom stereocenters. The van der Waals surface area contributed by atoms with Gasteiger partial charge in [-0.25, -0.2) is 5.43 Å². The molecule has 1 heterocycles. The predicted octanol–water partition coefficient (Wildman–Crippen LogP) is 3.85. The third kappa shape index (κ3) is 3.73. The highest BCUT2D eigenvalue weighted by atomic mass is 16.4. The van der Waals surface area contributed by atoms with Gasteiger partial charge in [0.05, 0.1) is 6.21 Å². The number of nitrogens with one attached hydrogen (secondary N) is 1. The van der Waals surface area contributed by atoms with Gasteiger partial charge in [-0.1, -0.05) is 52.0 Å². The van der Waals surface area contributed by atoms with Gasteiger partial charge in [-0.2, -0.15) is 15.3 Å². The van der Waals surface area contributed by atoms with Gasteiger partial charge in [0.25, 0.3) is 5.88 Å². The Morgan fingerprint density at radius 3 is 2.55 bits per heavy atom. The molecule has 1 N–H and O–H groups in total. The maximum absolute atomic E-state index is 9.11. The van der Waals surface area contributed by atoms with Gasteiger partial charge in [-0.15, -0.1) is 0 Å². The molecule has 0 radical (unpaired) electrons. The number of oxazole rings is 1. The average Bonchev–Trinajstić information content (AvgIpc) is 2.91. The second-order valence-corrected chi connectivity index (χ2v) is 6.02. The molecular weight excluding hydrogens is 276 g/mol. The van der Waals surface area contributed by atoms with E-state index >= 15 is 0 Å². The van der Waals surface area contributed by atoms with Crippen molar-refractivity contribution < 1.29 is 4.42 Å². The van der Waals surface area contributed by atoms with Crippen molar-refractivity contribution >= 4 is 12.1 Å². The van der Waals surface area contributed by atoms with Crippen molar-refractivity contribution in [2.75, 3.05) is 5.43 Å². The van der Waals surface area contributed by atoms with Gasteiger partial charge in [0.15, 0.2) is 0 Å². The van der Waals surface area contributed by atoms with Crippen LogP contribution in [0.3, 0.4) is 0 Å². The number of hydrazone groups is 1. The van der Waals surface area contributed by atoms with Crippen LogP contribution in [0.25, 0.3) is 0 Å². The van der Waals surface area contributed by atoms with Crippen LogP contribution in [-0.2, 0) is 11.8 Å². The molecule has 2 aromatic rings. The summed E-state index contributed by atoms with van der Waals surface area (Å²) in [6.07, 6.45) is 2.69. The lowest BCUT2D eigenvalue weighted by atomic mass is 9.97. The summed E-state index contributed by atoms with van der Waals surface area (Å²) in [6.45, 7) is 8.04. The molecule has 0 atom stereocenters. The number of hydrogen-bond donors (Lipinski definition) is 1. The van der Waals surface area contributed by atoms with E-state index in [4.69, 9.17) is 9.68 Å². The number of aryl methyl sites for hydroxylation is 1. The summed E-state index contributed by atoms with van der Waals surface area (Å²) < 4.78 is 5.59. The van der Waals surface area contributed by atoms with Crippen LogP contribution in [0.15, 0.2) is 33.8 Å². The maximum atomic E-state index is 9.11. The monoisotopic (exact) mass is 296 g/mol. The highest BCUT2D eigenvalue weighted by Crippen LogP contribution is 2.26. The van der Waals surface area contributed by atoms with Crippen LogP contribution < -0.4 is 5.43 Å². The smallest absolute Gasteiger partial charge is 0.252 e. The van der Waals surface area contributed by atoms with E-state index in [1.807, 2.05) is 39.0 Å². The lowest BCUT2D eigenvalue weighted by Gasteiger charge is -2.11. The number of rotatable bonds is 4. The van der Waals surface area contributed by atoms with E-state index in [1.165, 1.54) is 5.56 Å². The van der Waals surface area contributed by atoms with E-state index in [0.717, 1.165) is 12.0 Å². The van der Waals surface area contributed by atoms with E-state index in [2.05, 4.69) is 34.6 Å². The molecule has 0 aliphatic rings. The molecule has 5 nitrogen and oxygen atoms in total. The van der Waals surface area contributed by atoms with Crippen molar-refractivity contribution in [3.8, 4) is 6.07 Å². The fourth-order valence-corrected chi connectivity index (χ4v) is 1.80. The number of aromatic nitrogens is 1. The Morgan fingerprint density at radius 1 is 1.32 bits per heavy atom. The molecule has 0 amide bonds. The number of nitrogens with zero attached hydrogens (tertiary/aromatic N) is 3. The van der Waals surface area contributed by atoms with Crippen LogP contribution in [0.5, 0.6) is 0 Å². The van der Waals surface area contributed by atoms with E-state index in [0.29, 0.717) is 5.89 Å². The van der Waals surface area contributed by atoms with E-state index in [-0.39, 0.29) is 17.0 Å². The Morgan fingerprint density at radius 2 is 2.00 bits per heavy atom. The summed E-state index contributed by atoms with van der Waals surface area (Å²) in [7, 11) is 0. The normalized spacial score (nSPS) is 11.6. The van der Waals surface area contributed by atoms with Crippen LogP contribution >= 0.6 is 0 Å². The summed E-state index contributed by atoms with van der Waals surface area (Å²) in [6, 6.07) is 10.1. The van der Waals surface area contributed by atoms with Crippen molar-refractivity contribution in [2.24, 2.45) is 5.10 Å². The van der Waals surface area contributed by atoms with Crippen LogP contribution in [0.2, 0.25) is 0 Å². The zero-order valence-corrected chi connectivity index (χ0v) is 13.3. The van der Waals surface area contributed by atoms with Crippen LogP contribution in [0.1, 0.15) is 50.4 Å². The van der Waals surface area contributed by atoms with Crippen LogP contribution in [0.4, 0.5) is 5.88 Å². The molecular formula is C17H20N4O. The highest BCUT2D eigenvalue weighted by molar-refractivity contribution is 5.80. The Balaban J connectivity index is 2.12. The standard InChI is InChI=1S/C17H20N4O/c1-5-12-6-8-13(9-7-12)11-19-21-15-14(10-18)20-16(22-15)17(2,3)4/h6-9,11,21H,5H2,1-4H3/b19-11-. The van der Waals surface area contributed by atoms with Crippen LogP contribution in [-0.4, -0.2) is 11.2 Å². The first kappa shape index (κ1) is 15.8. The van der Waals surface area contributed by atoms with Gasteiger partial charge in [0.1, 0.15) is 6.07 Å². The summed E-state index contributed by atoms with van der Waals surface area (Å²) in [5, 5.41) is 13.2. The lowest BCUT2D eigenvalue weighted by molar-refractivity contribution is 0.399. The molecule has 5 heteroatoms. The fourth-order valence-electron chi connectivity index (χ4n) is 1.80. The van der Waals surface area contributed by atoms with E-state index in [1.54, 1.807) is 6.21 Å². The highest BCUT2D eigenvalue weighted by Gasteiger charge is 2.23. The summed E-state index contributed by atoms with van der Waals surface area (Å²) >= 11 is 0. The van der Waals surface area contributed by atoms with Crippen molar-refractivity contribution in [1.29, 1.82) is 5.26 Å². The van der Waals surface area contributed by atoms with Gasteiger partial charge in [0.2, 0.25) is 11.6 Å². The molecule has 0 bridgehead atoms. The molecule has 0 aliphatic carbocycles. The molecule has 0 saturated heterocycles. The van der Waals surface area contributed by atoms with Gasteiger partial charge in [0, 0.05) is 5.41 Å². The largest absolute Gasteiger partial charge is 0.421 e. The maximum Gasteiger partial charge on any atom is 0.252 e. The van der Waals surface area contributed by atoms with Gasteiger partial charge in [-0.3, -0.25) is 0 Å². The fraction of sp³-hybridized carbons (Fsp3) is 0.353.